The smallest absolute Gasteiger partial charge is 0.362 e. The third-order valence-electron chi connectivity index (χ3n) is 2.76. The third kappa shape index (κ3) is 5.17. The first kappa shape index (κ1) is 18.3. The Morgan fingerprint density at radius 3 is 2.57 bits per heavy atom. The topological polar surface area (TPSA) is 94.7 Å². The molecule has 1 aromatic rings. The van der Waals surface area contributed by atoms with Gasteiger partial charge in [0.15, 0.2) is 5.75 Å². The Labute approximate surface area is 134 Å². The van der Waals surface area contributed by atoms with Crippen molar-refractivity contribution in [2.75, 3.05) is 20.8 Å². The minimum atomic E-state index is -0.695. The van der Waals surface area contributed by atoms with Crippen LogP contribution >= 0.6 is 0 Å². The van der Waals surface area contributed by atoms with Crippen LogP contribution in [0.4, 0.5) is 0 Å². The second kappa shape index (κ2) is 9.29. The SMILES string of the molecule is CCN=C(C)/C(C)=N/Oc1cccnc1/C(=N\OC)C(=O)OC. The summed E-state index contributed by atoms with van der Waals surface area (Å²) in [6.07, 6.45) is 1.50. The lowest BCUT2D eigenvalue weighted by molar-refractivity contribution is -0.132. The third-order valence-corrected chi connectivity index (χ3v) is 2.76. The van der Waals surface area contributed by atoms with Crippen LogP contribution in [0, 0.1) is 0 Å². The monoisotopic (exact) mass is 320 g/mol. The van der Waals surface area contributed by atoms with Gasteiger partial charge in [-0.1, -0.05) is 10.3 Å². The highest BCUT2D eigenvalue weighted by Gasteiger charge is 2.22. The Bertz CT molecular complexity index is 638. The molecule has 0 bridgehead atoms. The van der Waals surface area contributed by atoms with E-state index >= 15 is 0 Å². The van der Waals surface area contributed by atoms with Gasteiger partial charge in [0, 0.05) is 12.7 Å². The molecule has 8 heteroatoms. The molecule has 0 aliphatic rings. The Morgan fingerprint density at radius 2 is 1.96 bits per heavy atom. The molecule has 0 saturated carbocycles. The number of hydrogen-bond donors (Lipinski definition) is 0. The number of aromatic nitrogens is 1. The van der Waals surface area contributed by atoms with E-state index in [1.807, 2.05) is 13.8 Å². The van der Waals surface area contributed by atoms with Crippen molar-refractivity contribution in [1.82, 2.24) is 4.98 Å². The number of hydrogen-bond acceptors (Lipinski definition) is 8. The predicted octanol–water partition coefficient (Wildman–Crippen LogP) is 1.84. The Kier molecular flexibility index (Phi) is 7.38. The summed E-state index contributed by atoms with van der Waals surface area (Å²) in [5, 5.41) is 7.64. The van der Waals surface area contributed by atoms with Crippen molar-refractivity contribution in [1.29, 1.82) is 0 Å². The number of carbonyl (C=O) groups excluding carboxylic acids is 1. The number of esters is 1. The largest absolute Gasteiger partial charge is 0.464 e. The Hall–Kier alpha value is -2.77. The maximum absolute atomic E-state index is 11.8. The molecule has 0 saturated heterocycles. The van der Waals surface area contributed by atoms with E-state index < -0.39 is 5.97 Å². The van der Waals surface area contributed by atoms with Gasteiger partial charge in [-0.15, -0.1) is 0 Å². The van der Waals surface area contributed by atoms with Gasteiger partial charge in [0.1, 0.15) is 12.8 Å². The number of pyridine rings is 1. The lowest BCUT2D eigenvalue weighted by Gasteiger charge is -2.07. The molecule has 0 atom stereocenters. The van der Waals surface area contributed by atoms with Crippen LogP contribution in [0.25, 0.3) is 0 Å². The first-order valence-electron chi connectivity index (χ1n) is 6.93. The van der Waals surface area contributed by atoms with Crippen molar-refractivity contribution in [3.63, 3.8) is 0 Å². The van der Waals surface area contributed by atoms with Crippen molar-refractivity contribution in [3.05, 3.63) is 24.0 Å². The second-order valence-corrected chi connectivity index (χ2v) is 4.29. The highest BCUT2D eigenvalue weighted by Crippen LogP contribution is 2.17. The van der Waals surface area contributed by atoms with Gasteiger partial charge in [-0.25, -0.2) is 4.79 Å². The number of aliphatic imine (C=N–C) groups is 1. The average Bonchev–Trinajstić information content (AvgIpc) is 2.57. The van der Waals surface area contributed by atoms with Crippen LogP contribution in [-0.4, -0.2) is 48.9 Å². The highest BCUT2D eigenvalue weighted by molar-refractivity contribution is 6.43. The highest BCUT2D eigenvalue weighted by atomic mass is 16.6. The fourth-order valence-electron chi connectivity index (χ4n) is 1.54. The number of rotatable bonds is 7. The number of oxime groups is 2. The molecule has 0 fully saturated rings. The van der Waals surface area contributed by atoms with E-state index in [1.54, 1.807) is 19.1 Å². The Balaban J connectivity index is 3.15. The van der Waals surface area contributed by atoms with Gasteiger partial charge in [-0.05, 0) is 32.9 Å². The van der Waals surface area contributed by atoms with E-state index in [1.165, 1.54) is 20.4 Å². The number of ether oxygens (including phenoxy) is 1. The van der Waals surface area contributed by atoms with Gasteiger partial charge in [0.05, 0.1) is 18.5 Å². The van der Waals surface area contributed by atoms with E-state index in [0.717, 1.165) is 5.71 Å². The summed E-state index contributed by atoms with van der Waals surface area (Å²) in [5.41, 5.74) is 1.43. The first-order valence-corrected chi connectivity index (χ1v) is 6.93. The molecule has 0 aromatic carbocycles. The number of nitrogens with zero attached hydrogens (tertiary/aromatic N) is 4. The molecule has 1 rings (SSSR count). The van der Waals surface area contributed by atoms with Gasteiger partial charge < -0.3 is 14.4 Å². The molecule has 0 aliphatic carbocycles. The minimum Gasteiger partial charge on any atom is -0.464 e. The molecule has 1 heterocycles. The second-order valence-electron chi connectivity index (χ2n) is 4.29. The van der Waals surface area contributed by atoms with Crippen molar-refractivity contribution < 1.29 is 19.2 Å². The molecule has 124 valence electrons. The van der Waals surface area contributed by atoms with E-state index in [2.05, 4.69) is 29.9 Å². The van der Waals surface area contributed by atoms with E-state index in [-0.39, 0.29) is 17.2 Å². The molecule has 0 radical (unpaired) electrons. The van der Waals surface area contributed by atoms with Gasteiger partial charge in [0.25, 0.3) is 0 Å². The molecule has 0 spiro atoms. The van der Waals surface area contributed by atoms with Crippen LogP contribution in [-0.2, 0) is 14.4 Å². The van der Waals surface area contributed by atoms with Crippen LogP contribution in [0.2, 0.25) is 0 Å². The summed E-state index contributed by atoms with van der Waals surface area (Å²) in [5.74, 6) is -0.447. The van der Waals surface area contributed by atoms with Crippen LogP contribution in [0.5, 0.6) is 5.75 Å². The molecule has 0 aliphatic heterocycles. The number of carbonyl (C=O) groups is 1. The molecule has 1 aromatic heterocycles. The zero-order chi connectivity index (χ0) is 17.2. The zero-order valence-corrected chi connectivity index (χ0v) is 13.9. The summed E-state index contributed by atoms with van der Waals surface area (Å²) in [6, 6.07) is 3.26. The molecular formula is C15H20N4O4. The predicted molar refractivity (Wildman–Crippen MR) is 87.2 cm³/mol. The summed E-state index contributed by atoms with van der Waals surface area (Å²) in [4.78, 5) is 30.2. The summed E-state index contributed by atoms with van der Waals surface area (Å²) >= 11 is 0. The van der Waals surface area contributed by atoms with Crippen LogP contribution < -0.4 is 4.84 Å². The van der Waals surface area contributed by atoms with Gasteiger partial charge in [0.2, 0.25) is 5.71 Å². The normalized spacial score (nSPS) is 12.8. The van der Waals surface area contributed by atoms with Crippen LogP contribution in [0.15, 0.2) is 33.6 Å². The molecule has 0 unspecified atom stereocenters. The van der Waals surface area contributed by atoms with Gasteiger partial charge in [-0.3, -0.25) is 9.98 Å². The maximum Gasteiger partial charge on any atom is 0.362 e. The molecular weight excluding hydrogens is 300 g/mol. The van der Waals surface area contributed by atoms with E-state index in [9.17, 15) is 4.79 Å². The average molecular weight is 320 g/mol. The molecule has 8 nitrogen and oxygen atoms in total. The van der Waals surface area contributed by atoms with Crippen molar-refractivity contribution in [2.24, 2.45) is 15.3 Å². The standard InChI is InChI=1S/C15H20N4O4/c1-6-16-10(2)11(3)18-23-12-8-7-9-17-13(12)14(19-22-5)15(20)21-4/h7-9H,6H2,1-5H3/b16-10?,18-11+,19-14+. The maximum atomic E-state index is 11.8. The fraction of sp³-hybridized carbons (Fsp3) is 0.400. The summed E-state index contributed by atoms with van der Waals surface area (Å²) < 4.78 is 4.67. The van der Waals surface area contributed by atoms with E-state index in [4.69, 9.17) is 4.84 Å². The van der Waals surface area contributed by atoms with Crippen molar-refractivity contribution >= 4 is 23.1 Å². The molecule has 0 amide bonds. The minimum absolute atomic E-state index is 0.114. The lowest BCUT2D eigenvalue weighted by atomic mass is 10.2. The Morgan fingerprint density at radius 1 is 1.22 bits per heavy atom. The van der Waals surface area contributed by atoms with Crippen LogP contribution in [0.3, 0.4) is 0 Å². The summed E-state index contributed by atoms with van der Waals surface area (Å²) in [6.45, 7) is 6.20. The molecule has 0 N–H and O–H groups in total. The summed E-state index contributed by atoms with van der Waals surface area (Å²) in [7, 11) is 2.56. The van der Waals surface area contributed by atoms with Crippen molar-refractivity contribution in [3.8, 4) is 5.75 Å². The van der Waals surface area contributed by atoms with E-state index in [0.29, 0.717) is 12.3 Å². The van der Waals surface area contributed by atoms with Crippen molar-refractivity contribution in [2.45, 2.75) is 20.8 Å². The fourth-order valence-corrected chi connectivity index (χ4v) is 1.54. The van der Waals surface area contributed by atoms with Gasteiger partial charge >= 0.3 is 5.97 Å². The number of methoxy groups -OCH3 is 1. The molecule has 23 heavy (non-hydrogen) atoms. The first-order chi connectivity index (χ1) is 11.0. The lowest BCUT2D eigenvalue weighted by Crippen LogP contribution is -2.20. The van der Waals surface area contributed by atoms with Crippen LogP contribution in [0.1, 0.15) is 26.5 Å². The zero-order valence-electron chi connectivity index (χ0n) is 13.9. The van der Waals surface area contributed by atoms with Gasteiger partial charge in [-0.2, -0.15) is 0 Å². The quantitative estimate of drug-likeness (QED) is 0.434.